The Morgan fingerprint density at radius 3 is 2.87 bits per heavy atom. The molecule has 168 valence electrons. The van der Waals surface area contributed by atoms with Crippen LogP contribution in [0.3, 0.4) is 0 Å². The molecule has 4 aliphatic carbocycles. The standard InChI is InChI=1S/C24H31NO6/c1-13(26)30-12-20(29)24-15(11-25-31-24)9-18-17-5-4-14-8-16(27)6-7-22(14,2)21(17)19(28)10-23(18,24)3/h4,6-7,15,17-19,21,25,28H,5,8-12H2,1-3H3/t15-,17-,18-,19-,21+,22-,23-,24-/m0/s1. The zero-order valence-corrected chi connectivity index (χ0v) is 18.3. The summed E-state index contributed by atoms with van der Waals surface area (Å²) in [4.78, 5) is 42.8. The maximum Gasteiger partial charge on any atom is 0.303 e. The molecule has 0 aromatic rings. The number of hydroxylamine groups is 1. The van der Waals surface area contributed by atoms with Gasteiger partial charge < -0.3 is 9.84 Å². The van der Waals surface area contributed by atoms with Crippen LogP contribution in [0.15, 0.2) is 23.8 Å². The van der Waals surface area contributed by atoms with Crippen LogP contribution in [-0.4, -0.2) is 47.5 Å². The van der Waals surface area contributed by atoms with Crippen molar-refractivity contribution in [2.75, 3.05) is 13.2 Å². The molecule has 0 aromatic carbocycles. The van der Waals surface area contributed by atoms with Crippen molar-refractivity contribution in [2.45, 2.75) is 58.2 Å². The van der Waals surface area contributed by atoms with Gasteiger partial charge in [0.25, 0.3) is 0 Å². The fraction of sp³-hybridized carbons (Fsp3) is 0.708. The van der Waals surface area contributed by atoms with Crippen LogP contribution in [-0.2, 0) is 24.0 Å². The third-order valence-corrected chi connectivity index (χ3v) is 9.19. The van der Waals surface area contributed by atoms with Crippen LogP contribution in [0.2, 0.25) is 0 Å². The molecule has 8 atom stereocenters. The number of esters is 1. The van der Waals surface area contributed by atoms with E-state index in [2.05, 4.69) is 25.4 Å². The number of carbonyl (C=O) groups is 3. The summed E-state index contributed by atoms with van der Waals surface area (Å²) in [5.74, 6) is -0.257. The minimum atomic E-state index is -1.11. The molecule has 0 amide bonds. The van der Waals surface area contributed by atoms with Gasteiger partial charge in [0.15, 0.2) is 18.0 Å². The first-order chi connectivity index (χ1) is 14.6. The number of hydrogen-bond donors (Lipinski definition) is 2. The monoisotopic (exact) mass is 429 g/mol. The van der Waals surface area contributed by atoms with Gasteiger partial charge in [-0.15, -0.1) is 0 Å². The first-order valence-corrected chi connectivity index (χ1v) is 11.3. The maximum absolute atomic E-state index is 13.4. The smallest absolute Gasteiger partial charge is 0.303 e. The molecule has 1 saturated heterocycles. The Kier molecular flexibility index (Phi) is 4.64. The van der Waals surface area contributed by atoms with Gasteiger partial charge in [-0.05, 0) is 37.2 Å². The first-order valence-electron chi connectivity index (χ1n) is 11.3. The summed E-state index contributed by atoms with van der Waals surface area (Å²) in [5, 5.41) is 11.5. The van der Waals surface area contributed by atoms with E-state index in [0.717, 1.165) is 18.4 Å². The number of hydrogen-bond acceptors (Lipinski definition) is 7. The Morgan fingerprint density at radius 2 is 2.13 bits per heavy atom. The quantitative estimate of drug-likeness (QED) is 0.522. The van der Waals surface area contributed by atoms with E-state index in [9.17, 15) is 19.5 Å². The summed E-state index contributed by atoms with van der Waals surface area (Å²) < 4.78 is 5.06. The van der Waals surface area contributed by atoms with Crippen molar-refractivity contribution >= 4 is 17.5 Å². The van der Waals surface area contributed by atoms with Gasteiger partial charge in [-0.2, -0.15) is 0 Å². The Bertz CT molecular complexity index is 910. The SMILES string of the molecule is CC(=O)OCC(=O)[C@@]12ONC[C@@H]1C[C@H]1[C@@H]3CC=C4CC(=O)C=C[C@]4(C)[C@H]3[C@@H](O)C[C@@]12C. The summed E-state index contributed by atoms with van der Waals surface area (Å²) in [6.07, 6.45) is 7.71. The number of fused-ring (bicyclic) bond motifs is 7. The molecule has 31 heavy (non-hydrogen) atoms. The fourth-order valence-electron chi connectivity index (χ4n) is 7.94. The van der Waals surface area contributed by atoms with Crippen molar-refractivity contribution in [1.82, 2.24) is 5.48 Å². The zero-order valence-electron chi connectivity index (χ0n) is 18.3. The largest absolute Gasteiger partial charge is 0.458 e. The van der Waals surface area contributed by atoms with Gasteiger partial charge in [-0.25, -0.2) is 5.48 Å². The summed E-state index contributed by atoms with van der Waals surface area (Å²) in [5.41, 5.74) is 2.02. The van der Waals surface area contributed by atoms with E-state index in [1.54, 1.807) is 6.08 Å². The minimum Gasteiger partial charge on any atom is -0.458 e. The highest BCUT2D eigenvalue weighted by Gasteiger charge is 2.74. The van der Waals surface area contributed by atoms with Gasteiger partial charge in [0, 0.05) is 42.6 Å². The van der Waals surface area contributed by atoms with Gasteiger partial charge in [0.1, 0.15) is 0 Å². The van der Waals surface area contributed by atoms with Gasteiger partial charge in [-0.1, -0.05) is 31.6 Å². The Labute approximate surface area is 182 Å². The second-order valence-corrected chi connectivity index (χ2v) is 10.5. The van der Waals surface area contributed by atoms with E-state index in [-0.39, 0.29) is 47.3 Å². The van der Waals surface area contributed by atoms with Gasteiger partial charge in [0.2, 0.25) is 5.78 Å². The van der Waals surface area contributed by atoms with Crippen LogP contribution in [0.4, 0.5) is 0 Å². The molecule has 2 N–H and O–H groups in total. The molecule has 5 aliphatic rings. The highest BCUT2D eigenvalue weighted by Crippen LogP contribution is 2.69. The van der Waals surface area contributed by atoms with Crippen molar-refractivity contribution in [3.63, 3.8) is 0 Å². The molecule has 0 bridgehead atoms. The Hall–Kier alpha value is -1.83. The molecule has 7 heteroatoms. The third-order valence-electron chi connectivity index (χ3n) is 9.19. The van der Waals surface area contributed by atoms with Crippen molar-refractivity contribution in [2.24, 2.45) is 34.5 Å². The van der Waals surface area contributed by atoms with Gasteiger partial charge in [-0.3, -0.25) is 19.2 Å². The van der Waals surface area contributed by atoms with E-state index >= 15 is 0 Å². The second-order valence-electron chi connectivity index (χ2n) is 10.5. The van der Waals surface area contributed by atoms with Crippen LogP contribution in [0.25, 0.3) is 0 Å². The number of allylic oxidation sites excluding steroid dienone is 4. The fourth-order valence-corrected chi connectivity index (χ4v) is 7.94. The number of carbonyl (C=O) groups excluding carboxylic acids is 3. The molecule has 1 heterocycles. The maximum atomic E-state index is 13.4. The lowest BCUT2D eigenvalue weighted by molar-refractivity contribution is -0.198. The molecule has 0 spiro atoms. The number of ketones is 2. The highest BCUT2D eigenvalue weighted by molar-refractivity contribution is 5.93. The average Bonchev–Trinajstić information content (AvgIpc) is 3.23. The lowest BCUT2D eigenvalue weighted by Crippen LogP contribution is -2.63. The molecule has 0 unspecified atom stereocenters. The minimum absolute atomic E-state index is 0.00216. The number of rotatable bonds is 3. The average molecular weight is 430 g/mol. The normalized spacial score (nSPS) is 47.7. The summed E-state index contributed by atoms with van der Waals surface area (Å²) in [6, 6.07) is 0. The van der Waals surface area contributed by atoms with Gasteiger partial charge >= 0.3 is 5.97 Å². The van der Waals surface area contributed by atoms with Crippen LogP contribution in [0.1, 0.15) is 46.5 Å². The first kappa shape index (κ1) is 21.0. The van der Waals surface area contributed by atoms with Crippen molar-refractivity contribution in [3.05, 3.63) is 23.8 Å². The van der Waals surface area contributed by atoms with Crippen molar-refractivity contribution < 1.29 is 29.1 Å². The summed E-state index contributed by atoms with van der Waals surface area (Å²) in [6.45, 7) is 5.75. The zero-order chi connectivity index (χ0) is 22.2. The molecule has 1 aliphatic heterocycles. The number of aliphatic hydroxyl groups is 1. The Balaban J connectivity index is 1.54. The number of nitrogens with one attached hydrogen (secondary N) is 1. The molecule has 3 fully saturated rings. The molecule has 2 saturated carbocycles. The predicted octanol–water partition coefficient (Wildman–Crippen LogP) is 1.90. The predicted molar refractivity (Wildman–Crippen MR) is 110 cm³/mol. The van der Waals surface area contributed by atoms with Gasteiger partial charge in [0.05, 0.1) is 6.10 Å². The molecule has 5 rings (SSSR count). The molecular formula is C24H31NO6. The van der Waals surface area contributed by atoms with Crippen LogP contribution < -0.4 is 5.48 Å². The van der Waals surface area contributed by atoms with Crippen molar-refractivity contribution in [3.8, 4) is 0 Å². The van der Waals surface area contributed by atoms with Crippen LogP contribution in [0, 0.1) is 34.5 Å². The molecular weight excluding hydrogens is 398 g/mol. The summed E-state index contributed by atoms with van der Waals surface area (Å²) in [7, 11) is 0. The van der Waals surface area contributed by atoms with E-state index in [4.69, 9.17) is 9.57 Å². The van der Waals surface area contributed by atoms with Crippen LogP contribution in [0.5, 0.6) is 0 Å². The van der Waals surface area contributed by atoms with E-state index in [1.165, 1.54) is 6.92 Å². The second kappa shape index (κ2) is 6.83. The number of ether oxygens (including phenoxy) is 1. The van der Waals surface area contributed by atoms with Crippen LogP contribution >= 0.6 is 0 Å². The third kappa shape index (κ3) is 2.66. The number of Topliss-reactive ketones (excluding diaryl/α,β-unsaturated/α-hetero) is 1. The molecule has 0 aromatic heterocycles. The van der Waals surface area contributed by atoms with Crippen molar-refractivity contribution in [1.29, 1.82) is 0 Å². The lowest BCUT2D eigenvalue weighted by Gasteiger charge is -2.59. The topological polar surface area (TPSA) is 102 Å². The Morgan fingerprint density at radius 1 is 1.35 bits per heavy atom. The lowest BCUT2D eigenvalue weighted by atomic mass is 9.47. The number of aliphatic hydroxyl groups excluding tert-OH is 1. The molecule has 7 nitrogen and oxygen atoms in total. The highest BCUT2D eigenvalue weighted by atomic mass is 16.7. The van der Waals surface area contributed by atoms with E-state index in [0.29, 0.717) is 19.4 Å². The summed E-state index contributed by atoms with van der Waals surface area (Å²) >= 11 is 0. The molecule has 0 radical (unpaired) electrons. The van der Waals surface area contributed by atoms with E-state index < -0.39 is 23.1 Å². The van der Waals surface area contributed by atoms with E-state index in [1.807, 2.05) is 6.08 Å².